The van der Waals surface area contributed by atoms with Crippen LogP contribution in [0.15, 0.2) is 42.5 Å². The number of methoxy groups -OCH3 is 3. The molecule has 2 aromatic carbocycles. The summed E-state index contributed by atoms with van der Waals surface area (Å²) in [5, 5.41) is 7.39. The van der Waals surface area contributed by atoms with Gasteiger partial charge in [0.2, 0.25) is 11.7 Å². The number of hydrogen-bond acceptors (Lipinski definition) is 5. The number of ether oxygens (including phenoxy) is 3. The van der Waals surface area contributed by atoms with E-state index in [-0.39, 0.29) is 5.91 Å². The molecule has 0 radical (unpaired) electrons. The van der Waals surface area contributed by atoms with Gasteiger partial charge in [0.1, 0.15) is 0 Å². The van der Waals surface area contributed by atoms with Crippen molar-refractivity contribution in [1.29, 1.82) is 0 Å². The zero-order valence-corrected chi connectivity index (χ0v) is 18.0. The molecular formula is C23H27N3O4. The van der Waals surface area contributed by atoms with Crippen molar-refractivity contribution < 1.29 is 19.0 Å². The van der Waals surface area contributed by atoms with Crippen molar-refractivity contribution in [3.63, 3.8) is 0 Å². The first-order valence-electron chi connectivity index (χ1n) is 9.67. The van der Waals surface area contributed by atoms with Crippen LogP contribution in [0.4, 0.5) is 5.69 Å². The summed E-state index contributed by atoms with van der Waals surface area (Å²) in [5.74, 6) is 1.38. The predicted octanol–water partition coefficient (Wildman–Crippen LogP) is 4.09. The molecule has 30 heavy (non-hydrogen) atoms. The minimum absolute atomic E-state index is 0.0908. The summed E-state index contributed by atoms with van der Waals surface area (Å²) in [4.78, 5) is 12.4. The highest BCUT2D eigenvalue weighted by atomic mass is 16.5. The van der Waals surface area contributed by atoms with Crippen LogP contribution in [0.1, 0.15) is 23.4 Å². The molecule has 0 unspecified atom stereocenters. The number of carbonyl (C=O) groups excluding carboxylic acids is 1. The maximum atomic E-state index is 12.4. The summed E-state index contributed by atoms with van der Waals surface area (Å²) in [5.41, 5.74) is 4.76. The minimum Gasteiger partial charge on any atom is -0.493 e. The topological polar surface area (TPSA) is 74.6 Å². The molecule has 0 aliphatic rings. The van der Waals surface area contributed by atoms with Crippen LogP contribution in [0.3, 0.4) is 0 Å². The monoisotopic (exact) mass is 409 g/mol. The standard InChI is InChI=1S/C23H27N3O4/c1-15-12-16(2)26(25-15)19-9-6-17(7-10-19)8-11-22(27)24-18-13-20(28-3)23(30-5)21(14-18)29-4/h6-7,9-10,12-14H,8,11H2,1-5H3,(H,24,27). The Morgan fingerprint density at radius 1 is 0.967 bits per heavy atom. The number of amides is 1. The van der Waals surface area contributed by atoms with Gasteiger partial charge < -0.3 is 19.5 Å². The fourth-order valence-corrected chi connectivity index (χ4v) is 3.33. The van der Waals surface area contributed by atoms with Crippen LogP contribution < -0.4 is 19.5 Å². The van der Waals surface area contributed by atoms with E-state index >= 15 is 0 Å². The number of hydrogen-bond donors (Lipinski definition) is 1. The Morgan fingerprint density at radius 2 is 1.60 bits per heavy atom. The number of anilines is 1. The third-order valence-electron chi connectivity index (χ3n) is 4.78. The fraction of sp³-hybridized carbons (Fsp3) is 0.304. The van der Waals surface area contributed by atoms with E-state index in [0.29, 0.717) is 35.8 Å². The molecule has 0 spiro atoms. The van der Waals surface area contributed by atoms with E-state index in [1.165, 1.54) is 0 Å². The molecule has 7 heteroatoms. The Morgan fingerprint density at radius 3 is 2.10 bits per heavy atom. The third kappa shape index (κ3) is 4.74. The highest BCUT2D eigenvalue weighted by Gasteiger charge is 2.14. The zero-order chi connectivity index (χ0) is 21.7. The second-order valence-electron chi connectivity index (χ2n) is 6.97. The molecular weight excluding hydrogens is 382 g/mol. The average molecular weight is 409 g/mol. The van der Waals surface area contributed by atoms with Crippen molar-refractivity contribution in [2.24, 2.45) is 0 Å². The van der Waals surface area contributed by atoms with Gasteiger partial charge in [0.25, 0.3) is 0 Å². The number of aromatic nitrogens is 2. The SMILES string of the molecule is COc1cc(NC(=O)CCc2ccc(-n3nc(C)cc3C)cc2)cc(OC)c1OC. The van der Waals surface area contributed by atoms with Gasteiger partial charge in [-0.3, -0.25) is 4.79 Å². The van der Waals surface area contributed by atoms with Gasteiger partial charge in [-0.05, 0) is 44.0 Å². The van der Waals surface area contributed by atoms with Crippen LogP contribution in [0.5, 0.6) is 17.2 Å². The summed E-state index contributed by atoms with van der Waals surface area (Å²) in [6.07, 6.45) is 0.990. The van der Waals surface area contributed by atoms with Gasteiger partial charge in [-0.2, -0.15) is 5.10 Å². The van der Waals surface area contributed by atoms with Crippen molar-refractivity contribution in [2.45, 2.75) is 26.7 Å². The molecule has 1 amide bonds. The molecule has 1 N–H and O–H groups in total. The van der Waals surface area contributed by atoms with E-state index in [9.17, 15) is 4.79 Å². The van der Waals surface area contributed by atoms with Gasteiger partial charge in [-0.25, -0.2) is 4.68 Å². The lowest BCUT2D eigenvalue weighted by atomic mass is 10.1. The van der Waals surface area contributed by atoms with Crippen LogP contribution >= 0.6 is 0 Å². The lowest BCUT2D eigenvalue weighted by Crippen LogP contribution is -2.12. The number of nitrogens with zero attached hydrogens (tertiary/aromatic N) is 2. The molecule has 0 fully saturated rings. The lowest BCUT2D eigenvalue weighted by molar-refractivity contribution is -0.116. The highest BCUT2D eigenvalue weighted by Crippen LogP contribution is 2.39. The molecule has 158 valence electrons. The molecule has 0 aliphatic heterocycles. The number of aryl methyl sites for hydroxylation is 3. The summed E-state index contributed by atoms with van der Waals surface area (Å²) in [6.45, 7) is 4.01. The Balaban J connectivity index is 1.63. The largest absolute Gasteiger partial charge is 0.493 e. The van der Waals surface area contributed by atoms with Gasteiger partial charge >= 0.3 is 0 Å². The van der Waals surface area contributed by atoms with Gasteiger partial charge in [0, 0.05) is 29.9 Å². The van der Waals surface area contributed by atoms with E-state index in [4.69, 9.17) is 14.2 Å². The predicted molar refractivity (Wildman–Crippen MR) is 116 cm³/mol. The van der Waals surface area contributed by atoms with Gasteiger partial charge in [-0.15, -0.1) is 0 Å². The molecule has 0 bridgehead atoms. The van der Waals surface area contributed by atoms with Crippen molar-refractivity contribution in [2.75, 3.05) is 26.6 Å². The Kier molecular flexibility index (Phi) is 6.61. The van der Waals surface area contributed by atoms with Crippen molar-refractivity contribution in [1.82, 2.24) is 9.78 Å². The van der Waals surface area contributed by atoms with Gasteiger partial charge in [0.05, 0.1) is 32.7 Å². The lowest BCUT2D eigenvalue weighted by Gasteiger charge is -2.14. The van der Waals surface area contributed by atoms with E-state index in [0.717, 1.165) is 22.6 Å². The molecule has 3 aromatic rings. The summed E-state index contributed by atoms with van der Waals surface area (Å²) in [6, 6.07) is 13.6. The van der Waals surface area contributed by atoms with Crippen LogP contribution in [-0.4, -0.2) is 37.0 Å². The number of nitrogens with one attached hydrogen (secondary N) is 1. The second-order valence-corrected chi connectivity index (χ2v) is 6.97. The average Bonchev–Trinajstić information content (AvgIpc) is 3.09. The molecule has 0 saturated heterocycles. The van der Waals surface area contributed by atoms with E-state index < -0.39 is 0 Å². The molecule has 0 saturated carbocycles. The van der Waals surface area contributed by atoms with E-state index in [2.05, 4.69) is 10.4 Å². The minimum atomic E-state index is -0.0908. The van der Waals surface area contributed by atoms with E-state index in [1.807, 2.05) is 48.9 Å². The third-order valence-corrected chi connectivity index (χ3v) is 4.78. The van der Waals surface area contributed by atoms with Gasteiger partial charge in [-0.1, -0.05) is 12.1 Å². The van der Waals surface area contributed by atoms with Crippen LogP contribution in [0.2, 0.25) is 0 Å². The highest BCUT2D eigenvalue weighted by molar-refractivity contribution is 5.91. The first-order valence-corrected chi connectivity index (χ1v) is 9.67. The van der Waals surface area contributed by atoms with Crippen LogP contribution in [0.25, 0.3) is 5.69 Å². The first-order chi connectivity index (χ1) is 14.4. The summed E-state index contributed by atoms with van der Waals surface area (Å²) in [7, 11) is 4.62. The Bertz CT molecular complexity index is 1000. The van der Waals surface area contributed by atoms with Crippen molar-refractivity contribution >= 4 is 11.6 Å². The smallest absolute Gasteiger partial charge is 0.224 e. The Labute approximate surface area is 176 Å². The fourth-order valence-electron chi connectivity index (χ4n) is 3.33. The second kappa shape index (κ2) is 9.35. The van der Waals surface area contributed by atoms with Crippen LogP contribution in [0, 0.1) is 13.8 Å². The number of carbonyl (C=O) groups is 1. The maximum Gasteiger partial charge on any atom is 0.224 e. The molecule has 0 aliphatic carbocycles. The number of rotatable bonds is 8. The molecule has 1 heterocycles. The zero-order valence-electron chi connectivity index (χ0n) is 18.0. The maximum absolute atomic E-state index is 12.4. The molecule has 3 rings (SSSR count). The summed E-state index contributed by atoms with van der Waals surface area (Å²) >= 11 is 0. The van der Waals surface area contributed by atoms with Gasteiger partial charge in [0.15, 0.2) is 11.5 Å². The normalized spacial score (nSPS) is 10.6. The van der Waals surface area contributed by atoms with E-state index in [1.54, 1.807) is 33.5 Å². The molecule has 0 atom stereocenters. The van der Waals surface area contributed by atoms with Crippen molar-refractivity contribution in [3.8, 4) is 22.9 Å². The summed E-state index contributed by atoms with van der Waals surface area (Å²) < 4.78 is 17.9. The Hall–Kier alpha value is -3.48. The number of benzene rings is 2. The van der Waals surface area contributed by atoms with Crippen molar-refractivity contribution in [3.05, 3.63) is 59.4 Å². The molecule has 7 nitrogen and oxygen atoms in total. The quantitative estimate of drug-likeness (QED) is 0.607. The molecule has 1 aromatic heterocycles. The first kappa shape index (κ1) is 21.2. The van der Waals surface area contributed by atoms with Crippen LogP contribution in [-0.2, 0) is 11.2 Å².